The molecular formula is C26H36N6O3. The number of rotatable bonds is 5. The molecule has 9 heteroatoms. The summed E-state index contributed by atoms with van der Waals surface area (Å²) in [5.74, 6) is 1.78. The Hall–Kier alpha value is -2.75. The molecule has 9 nitrogen and oxygen atoms in total. The predicted octanol–water partition coefficient (Wildman–Crippen LogP) is 3.05. The first kappa shape index (κ1) is 24.0. The predicted molar refractivity (Wildman–Crippen MR) is 136 cm³/mol. The van der Waals surface area contributed by atoms with Crippen LogP contribution in [0, 0.1) is 0 Å². The highest BCUT2D eigenvalue weighted by Gasteiger charge is 2.31. The van der Waals surface area contributed by atoms with Crippen molar-refractivity contribution < 1.29 is 14.3 Å². The van der Waals surface area contributed by atoms with E-state index in [1.807, 2.05) is 31.2 Å². The summed E-state index contributed by atoms with van der Waals surface area (Å²) in [6.07, 6.45) is 3.13. The van der Waals surface area contributed by atoms with Gasteiger partial charge in [0.2, 0.25) is 0 Å². The number of hydrogen-bond acceptors (Lipinski definition) is 7. The van der Waals surface area contributed by atoms with Gasteiger partial charge in [0.1, 0.15) is 5.82 Å². The minimum Gasteiger partial charge on any atom is -0.381 e. The van der Waals surface area contributed by atoms with Gasteiger partial charge in [-0.1, -0.05) is 0 Å². The van der Waals surface area contributed by atoms with Crippen LogP contribution in [0.3, 0.4) is 0 Å². The zero-order valence-corrected chi connectivity index (χ0v) is 20.8. The van der Waals surface area contributed by atoms with Gasteiger partial charge in [0.25, 0.3) is 0 Å². The molecule has 188 valence electrons. The van der Waals surface area contributed by atoms with Crippen molar-refractivity contribution in [3.8, 4) is 11.4 Å². The molecule has 0 bridgehead atoms. The van der Waals surface area contributed by atoms with Crippen LogP contribution in [-0.4, -0.2) is 79.0 Å². The van der Waals surface area contributed by atoms with Crippen LogP contribution in [0.25, 0.3) is 11.4 Å². The molecule has 2 fully saturated rings. The zero-order chi connectivity index (χ0) is 24.2. The number of anilines is 2. The van der Waals surface area contributed by atoms with E-state index in [-0.39, 0.29) is 12.1 Å². The number of benzene rings is 1. The summed E-state index contributed by atoms with van der Waals surface area (Å²) in [4.78, 5) is 27.0. The van der Waals surface area contributed by atoms with Crippen molar-refractivity contribution in [2.45, 2.75) is 51.7 Å². The average Bonchev–Trinajstić information content (AvgIpc) is 2.89. The van der Waals surface area contributed by atoms with Crippen LogP contribution in [0.1, 0.15) is 37.9 Å². The lowest BCUT2D eigenvalue weighted by atomic mass is 9.99. The average molecular weight is 481 g/mol. The molecule has 5 rings (SSSR count). The van der Waals surface area contributed by atoms with Crippen molar-refractivity contribution in [3.05, 3.63) is 35.5 Å². The monoisotopic (exact) mass is 480 g/mol. The number of morpholine rings is 1. The Labute approximate surface area is 207 Å². The van der Waals surface area contributed by atoms with Crippen LogP contribution < -0.4 is 15.5 Å². The summed E-state index contributed by atoms with van der Waals surface area (Å²) < 4.78 is 11.3. The van der Waals surface area contributed by atoms with E-state index in [9.17, 15) is 4.79 Å². The fourth-order valence-electron chi connectivity index (χ4n) is 5.24. The molecule has 4 heterocycles. The van der Waals surface area contributed by atoms with Gasteiger partial charge in [0.15, 0.2) is 5.82 Å². The number of carbonyl (C=O) groups excluding carboxylic acids is 1. The summed E-state index contributed by atoms with van der Waals surface area (Å²) in [6, 6.07) is 8.39. The van der Waals surface area contributed by atoms with Crippen LogP contribution in [0.4, 0.5) is 16.3 Å². The third-order valence-electron chi connectivity index (χ3n) is 7.16. The second kappa shape index (κ2) is 10.9. The van der Waals surface area contributed by atoms with Gasteiger partial charge in [-0.2, -0.15) is 0 Å². The maximum atomic E-state index is 11.9. The second-order valence-corrected chi connectivity index (χ2v) is 9.54. The van der Waals surface area contributed by atoms with Gasteiger partial charge in [-0.15, -0.1) is 0 Å². The first-order valence-electron chi connectivity index (χ1n) is 12.8. The third-order valence-corrected chi connectivity index (χ3v) is 7.16. The topological polar surface area (TPSA) is 91.9 Å². The standard InChI is InChI=1S/C26H36N6O3/c1-3-27-26(33)28-20-6-4-19(5-7-20)24-29-23-16-31(21-9-13-34-14-10-21)11-8-22(23)25(30-24)32-12-15-35-17-18(32)2/h4-7,18,21H,3,8-17H2,1-2H3,(H2,27,28,33)/t18-/m0/s1. The number of carbonyl (C=O) groups is 1. The number of nitrogens with zero attached hydrogens (tertiary/aromatic N) is 4. The molecule has 1 aromatic heterocycles. The Morgan fingerprint density at radius 1 is 1.09 bits per heavy atom. The molecule has 0 saturated carbocycles. The number of hydrogen-bond donors (Lipinski definition) is 2. The number of fused-ring (bicyclic) bond motifs is 1. The van der Waals surface area contributed by atoms with Gasteiger partial charge >= 0.3 is 6.03 Å². The molecule has 0 spiro atoms. The van der Waals surface area contributed by atoms with Crippen molar-refractivity contribution in [3.63, 3.8) is 0 Å². The molecular weight excluding hydrogens is 444 g/mol. The van der Waals surface area contributed by atoms with Crippen molar-refractivity contribution in [2.75, 3.05) is 56.3 Å². The molecule has 3 aliphatic heterocycles. The van der Waals surface area contributed by atoms with Crippen molar-refractivity contribution >= 4 is 17.5 Å². The van der Waals surface area contributed by atoms with E-state index in [1.165, 1.54) is 5.56 Å². The smallest absolute Gasteiger partial charge is 0.319 e. The maximum absolute atomic E-state index is 11.9. The summed E-state index contributed by atoms with van der Waals surface area (Å²) in [5.41, 5.74) is 4.09. The van der Waals surface area contributed by atoms with Gasteiger partial charge in [0, 0.05) is 62.2 Å². The van der Waals surface area contributed by atoms with E-state index in [4.69, 9.17) is 19.4 Å². The van der Waals surface area contributed by atoms with Gasteiger partial charge in [-0.05, 0) is 57.4 Å². The number of aromatic nitrogens is 2. The first-order valence-corrected chi connectivity index (χ1v) is 12.8. The highest BCUT2D eigenvalue weighted by molar-refractivity contribution is 5.89. The fourth-order valence-corrected chi connectivity index (χ4v) is 5.24. The van der Waals surface area contributed by atoms with Gasteiger partial charge in [-0.25, -0.2) is 14.8 Å². The van der Waals surface area contributed by atoms with Crippen LogP contribution in [0.5, 0.6) is 0 Å². The lowest BCUT2D eigenvalue weighted by molar-refractivity contribution is 0.0284. The van der Waals surface area contributed by atoms with E-state index in [0.717, 1.165) is 80.7 Å². The molecule has 1 atom stereocenters. The fraction of sp³-hybridized carbons (Fsp3) is 0.577. The van der Waals surface area contributed by atoms with Crippen LogP contribution in [0.15, 0.2) is 24.3 Å². The first-order chi connectivity index (χ1) is 17.1. The second-order valence-electron chi connectivity index (χ2n) is 9.54. The molecule has 0 unspecified atom stereocenters. The lowest BCUT2D eigenvalue weighted by Crippen LogP contribution is -2.46. The summed E-state index contributed by atoms with van der Waals surface area (Å²) >= 11 is 0. The summed E-state index contributed by atoms with van der Waals surface area (Å²) in [7, 11) is 0. The highest BCUT2D eigenvalue weighted by atomic mass is 16.5. The Morgan fingerprint density at radius 2 is 1.89 bits per heavy atom. The van der Waals surface area contributed by atoms with E-state index in [2.05, 4.69) is 27.4 Å². The summed E-state index contributed by atoms with van der Waals surface area (Å²) in [6.45, 7) is 10.5. The van der Waals surface area contributed by atoms with Crippen molar-refractivity contribution in [1.82, 2.24) is 20.2 Å². The van der Waals surface area contributed by atoms with E-state index in [1.54, 1.807) is 0 Å². The molecule has 35 heavy (non-hydrogen) atoms. The van der Waals surface area contributed by atoms with E-state index < -0.39 is 0 Å². The van der Waals surface area contributed by atoms with Gasteiger partial charge in [0.05, 0.1) is 24.9 Å². The SMILES string of the molecule is CCNC(=O)Nc1ccc(-c2nc3c(c(N4CCOC[C@@H]4C)n2)CCN(C2CCOCC2)C3)cc1. The Kier molecular flexibility index (Phi) is 7.46. The van der Waals surface area contributed by atoms with E-state index >= 15 is 0 Å². The maximum Gasteiger partial charge on any atom is 0.319 e. The Morgan fingerprint density at radius 3 is 2.63 bits per heavy atom. The van der Waals surface area contributed by atoms with Crippen LogP contribution in [-0.2, 0) is 22.4 Å². The molecule has 0 radical (unpaired) electrons. The van der Waals surface area contributed by atoms with Crippen molar-refractivity contribution in [2.24, 2.45) is 0 Å². The zero-order valence-electron chi connectivity index (χ0n) is 20.8. The van der Waals surface area contributed by atoms with Crippen molar-refractivity contribution in [1.29, 1.82) is 0 Å². The summed E-state index contributed by atoms with van der Waals surface area (Å²) in [5, 5.41) is 5.60. The number of nitrogens with one attached hydrogen (secondary N) is 2. The molecule has 2 N–H and O–H groups in total. The molecule has 2 saturated heterocycles. The van der Waals surface area contributed by atoms with Crippen LogP contribution >= 0.6 is 0 Å². The minimum absolute atomic E-state index is 0.206. The molecule has 2 amide bonds. The Bertz CT molecular complexity index is 1020. The third kappa shape index (κ3) is 5.42. The van der Waals surface area contributed by atoms with Crippen LogP contribution in [0.2, 0.25) is 0 Å². The normalized spacial score (nSPS) is 21.4. The van der Waals surface area contributed by atoms with E-state index in [0.29, 0.717) is 25.8 Å². The number of urea groups is 1. The number of ether oxygens (including phenoxy) is 2. The van der Waals surface area contributed by atoms with Gasteiger partial charge < -0.3 is 25.0 Å². The Balaban J connectivity index is 1.46. The largest absolute Gasteiger partial charge is 0.381 e. The molecule has 1 aromatic carbocycles. The minimum atomic E-state index is -0.206. The number of amides is 2. The highest BCUT2D eigenvalue weighted by Crippen LogP contribution is 2.33. The molecule has 2 aromatic rings. The quantitative estimate of drug-likeness (QED) is 0.680. The lowest BCUT2D eigenvalue weighted by Gasteiger charge is -2.40. The van der Waals surface area contributed by atoms with Gasteiger partial charge in [-0.3, -0.25) is 4.90 Å². The molecule has 3 aliphatic rings. The molecule has 0 aliphatic carbocycles.